The Labute approximate surface area is 171 Å². The molecule has 0 atom stereocenters. The van der Waals surface area contributed by atoms with E-state index in [0.717, 1.165) is 28.2 Å². The number of fused-ring (bicyclic) bond motifs is 1. The minimum absolute atomic E-state index is 0.0834. The summed E-state index contributed by atoms with van der Waals surface area (Å²) in [6.07, 6.45) is 0.741. The van der Waals surface area contributed by atoms with E-state index in [1.165, 1.54) is 18.4 Å². The molecule has 0 unspecified atom stereocenters. The molecule has 0 aliphatic carbocycles. The lowest BCUT2D eigenvalue weighted by Gasteiger charge is -2.11. The average molecular weight is 415 g/mol. The number of carbonyl (C=O) groups is 1. The molecule has 0 spiro atoms. The summed E-state index contributed by atoms with van der Waals surface area (Å²) < 4.78 is 27.8. The molecular weight excluding hydrogens is 388 g/mol. The summed E-state index contributed by atoms with van der Waals surface area (Å²) in [5.41, 5.74) is 4.41. The third-order valence-electron chi connectivity index (χ3n) is 4.96. The molecule has 7 nitrogen and oxygen atoms in total. The molecule has 2 aromatic carbocycles. The van der Waals surface area contributed by atoms with E-state index in [1.807, 2.05) is 43.7 Å². The molecular formula is C21H26N4O3S. The van der Waals surface area contributed by atoms with Crippen LogP contribution in [0.4, 0.5) is 5.69 Å². The van der Waals surface area contributed by atoms with Gasteiger partial charge in [-0.15, -0.1) is 0 Å². The zero-order valence-corrected chi connectivity index (χ0v) is 18.2. The summed E-state index contributed by atoms with van der Waals surface area (Å²) in [6, 6.07) is 10.8. The molecule has 0 aliphatic rings. The van der Waals surface area contributed by atoms with E-state index in [9.17, 15) is 13.2 Å². The van der Waals surface area contributed by atoms with Crippen LogP contribution in [0.1, 0.15) is 23.4 Å². The standard InChI is InChI=1S/C21H26N4O3S/c1-14-6-8-17(15(2)12-14)23-21(26)11-10-20-22-18-13-16(29(27,28)24(3)4)7-9-19(18)25(20)5/h6-9,12-13H,10-11H2,1-5H3,(H,23,26). The van der Waals surface area contributed by atoms with Crippen LogP contribution >= 0.6 is 0 Å². The number of benzene rings is 2. The Morgan fingerprint density at radius 2 is 1.86 bits per heavy atom. The Kier molecular flexibility index (Phi) is 5.77. The molecule has 0 radical (unpaired) electrons. The number of hydrogen-bond acceptors (Lipinski definition) is 4. The van der Waals surface area contributed by atoms with Gasteiger partial charge in [-0.25, -0.2) is 17.7 Å². The maximum absolute atomic E-state index is 12.4. The highest BCUT2D eigenvalue weighted by molar-refractivity contribution is 7.89. The number of nitrogens with zero attached hydrogens (tertiary/aromatic N) is 3. The van der Waals surface area contributed by atoms with Gasteiger partial charge in [-0.3, -0.25) is 4.79 Å². The molecule has 154 valence electrons. The van der Waals surface area contributed by atoms with E-state index in [4.69, 9.17) is 0 Å². The average Bonchev–Trinajstić information content (AvgIpc) is 2.97. The van der Waals surface area contributed by atoms with Crippen molar-refractivity contribution in [2.24, 2.45) is 7.05 Å². The monoisotopic (exact) mass is 414 g/mol. The molecule has 1 amide bonds. The van der Waals surface area contributed by atoms with Crippen LogP contribution in [0.25, 0.3) is 11.0 Å². The van der Waals surface area contributed by atoms with Crippen molar-refractivity contribution < 1.29 is 13.2 Å². The Hall–Kier alpha value is -2.71. The van der Waals surface area contributed by atoms with Crippen LogP contribution in [0.5, 0.6) is 0 Å². The molecule has 0 saturated carbocycles. The number of amides is 1. The number of hydrogen-bond donors (Lipinski definition) is 1. The zero-order chi connectivity index (χ0) is 21.3. The van der Waals surface area contributed by atoms with Crippen LogP contribution in [0, 0.1) is 13.8 Å². The first-order valence-corrected chi connectivity index (χ1v) is 10.8. The number of aryl methyl sites for hydroxylation is 4. The smallest absolute Gasteiger partial charge is 0.242 e. The predicted octanol–water partition coefficient (Wildman–Crippen LogP) is 3.01. The quantitative estimate of drug-likeness (QED) is 0.672. The van der Waals surface area contributed by atoms with Crippen molar-refractivity contribution in [2.75, 3.05) is 19.4 Å². The maximum Gasteiger partial charge on any atom is 0.242 e. The molecule has 0 bridgehead atoms. The Bertz CT molecular complexity index is 1180. The molecule has 8 heteroatoms. The number of anilines is 1. The molecule has 1 N–H and O–H groups in total. The SMILES string of the molecule is Cc1ccc(NC(=O)CCc2nc3cc(S(=O)(=O)N(C)C)ccc3n2C)c(C)c1. The summed E-state index contributed by atoms with van der Waals surface area (Å²) in [5, 5.41) is 2.94. The van der Waals surface area contributed by atoms with Gasteiger partial charge in [0.1, 0.15) is 5.82 Å². The van der Waals surface area contributed by atoms with Crippen molar-refractivity contribution in [3.63, 3.8) is 0 Å². The maximum atomic E-state index is 12.4. The molecule has 0 saturated heterocycles. The van der Waals surface area contributed by atoms with Crippen LogP contribution in [0.3, 0.4) is 0 Å². The molecule has 0 aliphatic heterocycles. The molecule has 1 heterocycles. The Morgan fingerprint density at radius 3 is 2.52 bits per heavy atom. The highest BCUT2D eigenvalue weighted by Crippen LogP contribution is 2.22. The third-order valence-corrected chi connectivity index (χ3v) is 6.77. The predicted molar refractivity (Wildman–Crippen MR) is 114 cm³/mol. The van der Waals surface area contributed by atoms with Crippen LogP contribution < -0.4 is 5.32 Å². The van der Waals surface area contributed by atoms with E-state index < -0.39 is 10.0 Å². The summed E-state index contributed by atoms with van der Waals surface area (Å²) in [7, 11) is 1.34. The first kappa shape index (κ1) is 21.0. The van der Waals surface area contributed by atoms with Crippen LogP contribution in [0.15, 0.2) is 41.3 Å². The van der Waals surface area contributed by atoms with Crippen molar-refractivity contribution in [1.29, 1.82) is 0 Å². The summed E-state index contributed by atoms with van der Waals surface area (Å²) in [5.74, 6) is 0.648. The van der Waals surface area contributed by atoms with E-state index >= 15 is 0 Å². The summed E-state index contributed by atoms with van der Waals surface area (Å²) >= 11 is 0. The van der Waals surface area contributed by atoms with Crippen LogP contribution in [-0.2, 0) is 28.3 Å². The number of nitrogens with one attached hydrogen (secondary N) is 1. The first-order valence-electron chi connectivity index (χ1n) is 9.34. The lowest BCUT2D eigenvalue weighted by atomic mass is 10.1. The fourth-order valence-electron chi connectivity index (χ4n) is 3.22. The van der Waals surface area contributed by atoms with E-state index in [1.54, 1.807) is 18.2 Å². The molecule has 3 aromatic rings. The lowest BCUT2D eigenvalue weighted by Crippen LogP contribution is -2.22. The van der Waals surface area contributed by atoms with Gasteiger partial charge in [0.25, 0.3) is 0 Å². The van der Waals surface area contributed by atoms with Crippen molar-refractivity contribution in [3.05, 3.63) is 53.3 Å². The van der Waals surface area contributed by atoms with E-state index in [2.05, 4.69) is 10.3 Å². The number of sulfonamides is 1. The molecule has 3 rings (SSSR count). The highest BCUT2D eigenvalue weighted by atomic mass is 32.2. The number of aromatic nitrogens is 2. The fourth-order valence-corrected chi connectivity index (χ4v) is 4.14. The summed E-state index contributed by atoms with van der Waals surface area (Å²) in [6.45, 7) is 3.98. The molecule has 29 heavy (non-hydrogen) atoms. The second kappa shape index (κ2) is 7.96. The van der Waals surface area contributed by atoms with Crippen LogP contribution in [-0.4, -0.2) is 42.3 Å². The summed E-state index contributed by atoms with van der Waals surface area (Å²) in [4.78, 5) is 17.1. The minimum Gasteiger partial charge on any atom is -0.331 e. The van der Waals surface area contributed by atoms with Gasteiger partial charge in [0.05, 0.1) is 15.9 Å². The van der Waals surface area contributed by atoms with Crippen molar-refractivity contribution in [1.82, 2.24) is 13.9 Å². The first-order chi connectivity index (χ1) is 13.6. The van der Waals surface area contributed by atoms with Gasteiger partial charge in [-0.2, -0.15) is 0 Å². The van der Waals surface area contributed by atoms with Crippen LogP contribution in [0.2, 0.25) is 0 Å². The number of imidazole rings is 1. The number of rotatable bonds is 6. The minimum atomic E-state index is -3.52. The van der Waals surface area contributed by atoms with Gasteiger partial charge in [-0.1, -0.05) is 17.7 Å². The lowest BCUT2D eigenvalue weighted by molar-refractivity contribution is -0.116. The van der Waals surface area contributed by atoms with E-state index in [0.29, 0.717) is 11.9 Å². The molecule has 0 fully saturated rings. The normalized spacial score (nSPS) is 11.9. The second-order valence-electron chi connectivity index (χ2n) is 7.39. The number of carbonyl (C=O) groups excluding carboxylic acids is 1. The zero-order valence-electron chi connectivity index (χ0n) is 17.4. The second-order valence-corrected chi connectivity index (χ2v) is 9.54. The Balaban J connectivity index is 1.76. The van der Waals surface area contributed by atoms with Gasteiger partial charge in [0.2, 0.25) is 15.9 Å². The van der Waals surface area contributed by atoms with Gasteiger partial charge in [0.15, 0.2) is 0 Å². The van der Waals surface area contributed by atoms with Gasteiger partial charge < -0.3 is 9.88 Å². The fraction of sp³-hybridized carbons (Fsp3) is 0.333. The van der Waals surface area contributed by atoms with Gasteiger partial charge >= 0.3 is 0 Å². The molecule has 1 aromatic heterocycles. The van der Waals surface area contributed by atoms with Crippen molar-refractivity contribution in [3.8, 4) is 0 Å². The topological polar surface area (TPSA) is 84.3 Å². The van der Waals surface area contributed by atoms with E-state index in [-0.39, 0.29) is 17.2 Å². The largest absolute Gasteiger partial charge is 0.331 e. The third kappa shape index (κ3) is 4.33. The Morgan fingerprint density at radius 1 is 1.14 bits per heavy atom. The van der Waals surface area contributed by atoms with Gasteiger partial charge in [0, 0.05) is 39.7 Å². The van der Waals surface area contributed by atoms with Crippen molar-refractivity contribution >= 4 is 32.7 Å². The highest BCUT2D eigenvalue weighted by Gasteiger charge is 2.19. The van der Waals surface area contributed by atoms with Crippen molar-refractivity contribution in [2.45, 2.75) is 31.6 Å². The van der Waals surface area contributed by atoms with Gasteiger partial charge in [-0.05, 0) is 43.7 Å².